The summed E-state index contributed by atoms with van der Waals surface area (Å²) in [4.78, 5) is 4.08. The van der Waals surface area contributed by atoms with Gasteiger partial charge in [-0.2, -0.15) is 0 Å². The van der Waals surface area contributed by atoms with E-state index in [0.717, 1.165) is 4.47 Å². The Morgan fingerprint density at radius 2 is 1.76 bits per heavy atom. The molecule has 0 amide bonds. The van der Waals surface area contributed by atoms with E-state index < -0.39 is 0 Å². The molecule has 0 aliphatic rings. The van der Waals surface area contributed by atoms with Crippen molar-refractivity contribution in [2.45, 2.75) is 0 Å². The van der Waals surface area contributed by atoms with Crippen molar-refractivity contribution in [3.05, 3.63) is 49.7 Å². The molecule has 0 spiro atoms. The summed E-state index contributed by atoms with van der Waals surface area (Å²) in [6, 6.07) is 6.12. The van der Waals surface area contributed by atoms with Crippen LogP contribution in [0.4, 0.5) is 4.39 Å². The van der Waals surface area contributed by atoms with Gasteiger partial charge in [-0.3, -0.25) is 0 Å². The SMILES string of the molecule is Fc1cc(Br)cc(Oc2ncc(Br)cc2Br)c1. The Morgan fingerprint density at radius 1 is 1.00 bits per heavy atom. The zero-order chi connectivity index (χ0) is 12.4. The van der Waals surface area contributed by atoms with Gasteiger partial charge in [-0.05, 0) is 50.1 Å². The van der Waals surface area contributed by atoms with Crippen molar-refractivity contribution in [2.24, 2.45) is 0 Å². The lowest BCUT2D eigenvalue weighted by Crippen LogP contribution is -1.90. The summed E-state index contributed by atoms with van der Waals surface area (Å²) in [6.07, 6.45) is 1.61. The van der Waals surface area contributed by atoms with E-state index in [-0.39, 0.29) is 5.82 Å². The first-order valence-corrected chi connectivity index (χ1v) is 6.87. The second-order valence-electron chi connectivity index (χ2n) is 3.15. The molecule has 0 aliphatic carbocycles. The fourth-order valence-corrected chi connectivity index (χ4v) is 2.69. The van der Waals surface area contributed by atoms with Crippen molar-refractivity contribution in [2.75, 3.05) is 0 Å². The maximum Gasteiger partial charge on any atom is 0.233 e. The van der Waals surface area contributed by atoms with Crippen molar-refractivity contribution in [3.63, 3.8) is 0 Å². The predicted octanol–water partition coefficient (Wildman–Crippen LogP) is 5.30. The molecule has 88 valence electrons. The zero-order valence-corrected chi connectivity index (χ0v) is 13.0. The monoisotopic (exact) mass is 423 g/mol. The van der Waals surface area contributed by atoms with Gasteiger partial charge in [0.05, 0.1) is 4.47 Å². The van der Waals surface area contributed by atoms with E-state index in [2.05, 4.69) is 52.8 Å². The fourth-order valence-electron chi connectivity index (χ4n) is 1.18. The van der Waals surface area contributed by atoms with Crippen LogP contribution >= 0.6 is 47.8 Å². The lowest BCUT2D eigenvalue weighted by molar-refractivity contribution is 0.454. The molecule has 1 heterocycles. The highest BCUT2D eigenvalue weighted by molar-refractivity contribution is 9.11. The largest absolute Gasteiger partial charge is 0.438 e. The van der Waals surface area contributed by atoms with Crippen molar-refractivity contribution in [1.29, 1.82) is 0 Å². The van der Waals surface area contributed by atoms with Crippen molar-refractivity contribution >= 4 is 47.8 Å². The summed E-state index contributed by atoms with van der Waals surface area (Å²) in [5.41, 5.74) is 0. The van der Waals surface area contributed by atoms with Crippen LogP contribution in [0.1, 0.15) is 0 Å². The molecule has 0 bridgehead atoms. The van der Waals surface area contributed by atoms with Crippen LogP contribution in [0.2, 0.25) is 0 Å². The number of ether oxygens (including phenoxy) is 1. The van der Waals surface area contributed by atoms with E-state index >= 15 is 0 Å². The molecule has 2 rings (SSSR count). The number of pyridine rings is 1. The van der Waals surface area contributed by atoms with Crippen molar-refractivity contribution < 1.29 is 9.13 Å². The molecule has 0 saturated carbocycles. The van der Waals surface area contributed by atoms with Crippen molar-refractivity contribution in [3.8, 4) is 11.6 Å². The lowest BCUT2D eigenvalue weighted by atomic mass is 10.3. The number of hydrogen-bond donors (Lipinski definition) is 0. The smallest absolute Gasteiger partial charge is 0.233 e. The van der Waals surface area contributed by atoms with Gasteiger partial charge in [-0.1, -0.05) is 15.9 Å². The molecule has 0 atom stereocenters. The maximum absolute atomic E-state index is 13.1. The Labute approximate surface area is 123 Å². The minimum absolute atomic E-state index is 0.373. The van der Waals surface area contributed by atoms with Crippen LogP contribution in [0.15, 0.2) is 43.9 Å². The second-order valence-corrected chi connectivity index (χ2v) is 5.83. The molecule has 2 aromatic rings. The summed E-state index contributed by atoms with van der Waals surface area (Å²) in [5, 5.41) is 0. The van der Waals surface area contributed by atoms with Crippen LogP contribution in [0, 0.1) is 5.82 Å². The summed E-state index contributed by atoms with van der Waals surface area (Å²) in [7, 11) is 0. The number of aromatic nitrogens is 1. The van der Waals surface area contributed by atoms with E-state index in [1.54, 1.807) is 18.3 Å². The van der Waals surface area contributed by atoms with Crippen LogP contribution in [-0.2, 0) is 0 Å². The highest BCUT2D eigenvalue weighted by Crippen LogP contribution is 2.31. The van der Waals surface area contributed by atoms with Gasteiger partial charge in [-0.25, -0.2) is 9.37 Å². The Balaban J connectivity index is 2.31. The van der Waals surface area contributed by atoms with Gasteiger partial charge < -0.3 is 4.74 Å². The third kappa shape index (κ3) is 3.50. The Bertz CT molecular complexity index is 542. The lowest BCUT2D eigenvalue weighted by Gasteiger charge is -2.07. The summed E-state index contributed by atoms with van der Waals surface area (Å²) in [6.45, 7) is 0. The van der Waals surface area contributed by atoms with Gasteiger partial charge in [0.1, 0.15) is 11.6 Å². The number of benzene rings is 1. The summed E-state index contributed by atoms with van der Waals surface area (Å²) >= 11 is 9.80. The Hall–Kier alpha value is -0.460. The number of halogens is 4. The quantitative estimate of drug-likeness (QED) is 0.651. The first-order valence-electron chi connectivity index (χ1n) is 4.49. The average molecular weight is 426 g/mol. The molecular formula is C11H5Br3FNO. The van der Waals surface area contributed by atoms with Crippen LogP contribution in [0.25, 0.3) is 0 Å². The second kappa shape index (κ2) is 5.46. The van der Waals surface area contributed by atoms with Crippen LogP contribution in [0.3, 0.4) is 0 Å². The van der Waals surface area contributed by atoms with Gasteiger partial charge in [0, 0.05) is 21.2 Å². The predicted molar refractivity (Wildman–Crippen MR) is 73.8 cm³/mol. The first-order chi connectivity index (χ1) is 8.04. The molecule has 6 heteroatoms. The standard InChI is InChI=1S/C11H5Br3FNO/c12-6-1-8(15)4-9(2-6)17-11-10(14)3-7(13)5-16-11/h1-5H. The van der Waals surface area contributed by atoms with E-state index in [1.165, 1.54) is 12.1 Å². The van der Waals surface area contributed by atoms with Gasteiger partial charge in [0.25, 0.3) is 0 Å². The van der Waals surface area contributed by atoms with Gasteiger partial charge in [0.15, 0.2) is 0 Å². The Kier molecular flexibility index (Phi) is 4.17. The van der Waals surface area contributed by atoms with Crippen LogP contribution < -0.4 is 4.74 Å². The summed E-state index contributed by atoms with van der Waals surface area (Å²) in [5.74, 6) is 0.390. The maximum atomic E-state index is 13.1. The van der Waals surface area contributed by atoms with Gasteiger partial charge in [-0.15, -0.1) is 0 Å². The molecule has 0 fully saturated rings. The van der Waals surface area contributed by atoms with E-state index in [9.17, 15) is 4.39 Å². The first kappa shape index (κ1) is 13.0. The molecule has 0 aliphatic heterocycles. The third-order valence-corrected chi connectivity index (χ3v) is 3.28. The fraction of sp³-hybridized carbons (Fsp3) is 0. The molecule has 1 aromatic heterocycles. The average Bonchev–Trinajstić information content (AvgIpc) is 2.21. The molecule has 1 aromatic carbocycles. The van der Waals surface area contributed by atoms with E-state index in [0.29, 0.717) is 20.6 Å². The number of hydrogen-bond acceptors (Lipinski definition) is 2. The van der Waals surface area contributed by atoms with Crippen molar-refractivity contribution in [1.82, 2.24) is 4.98 Å². The van der Waals surface area contributed by atoms with Crippen LogP contribution in [0.5, 0.6) is 11.6 Å². The number of nitrogens with zero attached hydrogens (tertiary/aromatic N) is 1. The van der Waals surface area contributed by atoms with E-state index in [4.69, 9.17) is 4.74 Å². The minimum Gasteiger partial charge on any atom is -0.438 e. The van der Waals surface area contributed by atoms with Crippen LogP contribution in [-0.4, -0.2) is 4.98 Å². The molecular weight excluding hydrogens is 421 g/mol. The third-order valence-electron chi connectivity index (χ3n) is 1.82. The van der Waals surface area contributed by atoms with E-state index in [1.807, 2.05) is 0 Å². The molecule has 0 unspecified atom stereocenters. The molecule has 2 nitrogen and oxygen atoms in total. The number of rotatable bonds is 2. The molecule has 0 saturated heterocycles. The normalized spacial score (nSPS) is 10.4. The highest BCUT2D eigenvalue weighted by atomic mass is 79.9. The van der Waals surface area contributed by atoms with Gasteiger partial charge in [0.2, 0.25) is 5.88 Å². The van der Waals surface area contributed by atoms with Gasteiger partial charge >= 0.3 is 0 Å². The zero-order valence-electron chi connectivity index (χ0n) is 8.25. The summed E-state index contributed by atoms with van der Waals surface area (Å²) < 4.78 is 20.8. The molecule has 0 radical (unpaired) electrons. The topological polar surface area (TPSA) is 22.1 Å². The molecule has 0 N–H and O–H groups in total. The highest BCUT2D eigenvalue weighted by Gasteiger charge is 2.07. The molecule has 17 heavy (non-hydrogen) atoms. The minimum atomic E-state index is -0.373. The Morgan fingerprint density at radius 3 is 2.41 bits per heavy atom.